The van der Waals surface area contributed by atoms with E-state index in [1.807, 2.05) is 6.07 Å². The fourth-order valence-electron chi connectivity index (χ4n) is 9.67. The van der Waals surface area contributed by atoms with Gasteiger partial charge in [-0.05, 0) is 120 Å². The van der Waals surface area contributed by atoms with E-state index >= 15 is 0 Å². The normalized spacial score (nSPS) is 11.5. The summed E-state index contributed by atoms with van der Waals surface area (Å²) in [6, 6.07) is 85.5. The third-order valence-electron chi connectivity index (χ3n) is 12.4. The lowest BCUT2D eigenvalue weighted by Gasteiger charge is -2.28. The van der Waals surface area contributed by atoms with Crippen molar-refractivity contribution in [1.29, 1.82) is 0 Å². The standard InChI is InChI=1S/C60H39NO/c1-3-15-40(16-4-1)48-26-10-19-43-20-12-28-50(58(43)48)42-33-35-46(36-34-42)61(55-31-14-30-53-52(55)37-38-57-60(53)54-25-7-8-32-56(54)62-57)47-24-9-23-45(39-47)51-29-13-22-44-21-11-27-49(59(44)51)41-17-5-2-6-18-41/h1-39H. The van der Waals surface area contributed by atoms with Gasteiger partial charge in [-0.15, -0.1) is 0 Å². The molecular formula is C60H39NO. The molecule has 0 unspecified atom stereocenters. The first kappa shape index (κ1) is 35.7. The van der Waals surface area contributed by atoms with E-state index in [9.17, 15) is 0 Å². The van der Waals surface area contributed by atoms with Crippen LogP contribution in [0.4, 0.5) is 17.1 Å². The third-order valence-corrected chi connectivity index (χ3v) is 12.4. The number of para-hydroxylation sites is 1. The first-order chi connectivity index (χ1) is 30.8. The zero-order valence-corrected chi connectivity index (χ0v) is 33.9. The highest BCUT2D eigenvalue weighted by Crippen LogP contribution is 2.45. The molecule has 0 aliphatic heterocycles. The van der Waals surface area contributed by atoms with E-state index in [0.717, 1.165) is 55.3 Å². The molecule has 0 radical (unpaired) electrons. The van der Waals surface area contributed by atoms with E-state index in [2.05, 4.69) is 235 Å². The molecule has 12 rings (SSSR count). The van der Waals surface area contributed by atoms with Crippen molar-refractivity contribution in [3.8, 4) is 44.5 Å². The summed E-state index contributed by atoms with van der Waals surface area (Å²) in [6.45, 7) is 0. The van der Waals surface area contributed by atoms with Crippen molar-refractivity contribution in [2.24, 2.45) is 0 Å². The number of fused-ring (bicyclic) bond motifs is 7. The molecule has 2 nitrogen and oxygen atoms in total. The Hall–Kier alpha value is -8.20. The molecule has 0 amide bonds. The summed E-state index contributed by atoms with van der Waals surface area (Å²) in [7, 11) is 0. The summed E-state index contributed by atoms with van der Waals surface area (Å²) >= 11 is 0. The van der Waals surface area contributed by atoms with E-state index in [1.165, 1.54) is 60.5 Å². The van der Waals surface area contributed by atoms with Gasteiger partial charge in [-0.1, -0.05) is 188 Å². The van der Waals surface area contributed by atoms with Crippen molar-refractivity contribution < 1.29 is 4.42 Å². The molecule has 0 spiro atoms. The van der Waals surface area contributed by atoms with Crippen molar-refractivity contribution in [3.63, 3.8) is 0 Å². The van der Waals surface area contributed by atoms with Crippen LogP contribution in [0, 0.1) is 0 Å². The molecule has 0 fully saturated rings. The summed E-state index contributed by atoms with van der Waals surface area (Å²) in [4.78, 5) is 2.42. The molecular weight excluding hydrogens is 751 g/mol. The molecule has 1 aromatic heterocycles. The lowest BCUT2D eigenvalue weighted by molar-refractivity contribution is 0.669. The van der Waals surface area contributed by atoms with Gasteiger partial charge >= 0.3 is 0 Å². The van der Waals surface area contributed by atoms with E-state index in [0.29, 0.717) is 0 Å². The minimum Gasteiger partial charge on any atom is -0.456 e. The summed E-state index contributed by atoms with van der Waals surface area (Å²) in [5, 5.41) is 9.52. The summed E-state index contributed by atoms with van der Waals surface area (Å²) in [6.07, 6.45) is 0. The lowest BCUT2D eigenvalue weighted by Crippen LogP contribution is -2.10. The Labute approximate surface area is 360 Å². The summed E-state index contributed by atoms with van der Waals surface area (Å²) in [5.41, 5.74) is 14.7. The Balaban J connectivity index is 1.06. The van der Waals surface area contributed by atoms with Gasteiger partial charge in [-0.2, -0.15) is 0 Å². The highest BCUT2D eigenvalue weighted by Gasteiger charge is 2.20. The van der Waals surface area contributed by atoms with Crippen LogP contribution >= 0.6 is 0 Å². The Morgan fingerprint density at radius 1 is 0.274 bits per heavy atom. The molecule has 2 heteroatoms. The quantitative estimate of drug-likeness (QED) is 0.160. The zero-order chi connectivity index (χ0) is 41.0. The molecule has 0 aliphatic carbocycles. The van der Waals surface area contributed by atoms with Crippen LogP contribution in [0.5, 0.6) is 0 Å². The zero-order valence-electron chi connectivity index (χ0n) is 33.9. The minimum atomic E-state index is 0.892. The SMILES string of the molecule is c1ccc(-c2cccc3cccc(-c4ccc(N(c5cccc(-c6cccc7cccc(-c8ccccc8)c67)c5)c5cccc6c5ccc5oc7ccccc7c56)cc4)c23)cc1. The smallest absolute Gasteiger partial charge is 0.136 e. The van der Waals surface area contributed by atoms with Crippen molar-refractivity contribution in [2.75, 3.05) is 4.90 Å². The van der Waals surface area contributed by atoms with Gasteiger partial charge < -0.3 is 9.32 Å². The molecule has 1 heterocycles. The maximum Gasteiger partial charge on any atom is 0.136 e. The lowest BCUT2D eigenvalue weighted by atomic mass is 9.91. The first-order valence-corrected chi connectivity index (χ1v) is 21.3. The number of rotatable bonds is 7. The molecule has 11 aromatic carbocycles. The number of furan rings is 1. The highest BCUT2D eigenvalue weighted by atomic mass is 16.3. The molecule has 0 bridgehead atoms. The largest absolute Gasteiger partial charge is 0.456 e. The summed E-state index contributed by atoms with van der Waals surface area (Å²) < 4.78 is 6.38. The third kappa shape index (κ3) is 5.96. The molecule has 0 N–H and O–H groups in total. The van der Waals surface area contributed by atoms with Crippen LogP contribution in [0.25, 0.3) is 98.8 Å². The Morgan fingerprint density at radius 3 is 1.40 bits per heavy atom. The molecule has 62 heavy (non-hydrogen) atoms. The van der Waals surface area contributed by atoms with Crippen molar-refractivity contribution in [3.05, 3.63) is 237 Å². The molecule has 0 saturated heterocycles. The Kier molecular flexibility index (Phi) is 8.53. The number of benzene rings is 11. The fraction of sp³-hybridized carbons (Fsp3) is 0. The van der Waals surface area contributed by atoms with Gasteiger partial charge in [0.25, 0.3) is 0 Å². The second kappa shape index (κ2) is 14.8. The maximum atomic E-state index is 6.38. The molecule has 0 atom stereocenters. The van der Waals surface area contributed by atoms with Crippen LogP contribution < -0.4 is 4.90 Å². The highest BCUT2D eigenvalue weighted by molar-refractivity contribution is 6.21. The topological polar surface area (TPSA) is 16.4 Å². The predicted molar refractivity (Wildman–Crippen MR) is 263 cm³/mol. The Morgan fingerprint density at radius 2 is 0.774 bits per heavy atom. The van der Waals surface area contributed by atoms with Gasteiger partial charge in [0.1, 0.15) is 11.2 Å². The number of nitrogens with zero attached hydrogens (tertiary/aromatic N) is 1. The fourth-order valence-corrected chi connectivity index (χ4v) is 9.67. The second-order valence-corrected chi connectivity index (χ2v) is 16.0. The first-order valence-electron chi connectivity index (χ1n) is 21.3. The van der Waals surface area contributed by atoms with Gasteiger partial charge in [0.2, 0.25) is 0 Å². The monoisotopic (exact) mass is 789 g/mol. The van der Waals surface area contributed by atoms with Crippen molar-refractivity contribution >= 4 is 71.3 Å². The van der Waals surface area contributed by atoms with Crippen molar-refractivity contribution in [2.45, 2.75) is 0 Å². The molecule has 12 aromatic rings. The van der Waals surface area contributed by atoms with E-state index in [-0.39, 0.29) is 0 Å². The number of hydrogen-bond donors (Lipinski definition) is 0. The molecule has 0 saturated carbocycles. The predicted octanol–water partition coefficient (Wildman–Crippen LogP) is 17.2. The average molecular weight is 790 g/mol. The van der Waals surface area contributed by atoms with Gasteiger partial charge in [0.05, 0.1) is 5.69 Å². The van der Waals surface area contributed by atoms with Crippen LogP contribution in [-0.2, 0) is 0 Å². The van der Waals surface area contributed by atoms with Crippen LogP contribution in [0.15, 0.2) is 241 Å². The van der Waals surface area contributed by atoms with Crippen LogP contribution in [0.1, 0.15) is 0 Å². The minimum absolute atomic E-state index is 0.892. The summed E-state index contributed by atoms with van der Waals surface area (Å²) in [5.74, 6) is 0. The number of anilines is 3. The van der Waals surface area contributed by atoms with Crippen LogP contribution in [-0.4, -0.2) is 0 Å². The van der Waals surface area contributed by atoms with Gasteiger partial charge in [0.15, 0.2) is 0 Å². The van der Waals surface area contributed by atoms with Crippen LogP contribution in [0.3, 0.4) is 0 Å². The van der Waals surface area contributed by atoms with Gasteiger partial charge in [-0.3, -0.25) is 0 Å². The van der Waals surface area contributed by atoms with E-state index < -0.39 is 0 Å². The van der Waals surface area contributed by atoms with Crippen LogP contribution in [0.2, 0.25) is 0 Å². The van der Waals surface area contributed by atoms with E-state index in [4.69, 9.17) is 4.42 Å². The maximum absolute atomic E-state index is 6.38. The average Bonchev–Trinajstić information content (AvgIpc) is 3.74. The van der Waals surface area contributed by atoms with Crippen molar-refractivity contribution in [1.82, 2.24) is 0 Å². The molecule has 290 valence electrons. The second-order valence-electron chi connectivity index (χ2n) is 16.0. The van der Waals surface area contributed by atoms with E-state index in [1.54, 1.807) is 0 Å². The van der Waals surface area contributed by atoms with Gasteiger partial charge in [-0.25, -0.2) is 0 Å². The number of hydrogen-bond acceptors (Lipinski definition) is 2. The Bertz CT molecular complexity index is 3610. The molecule has 0 aliphatic rings. The van der Waals surface area contributed by atoms with Gasteiger partial charge in [0, 0.05) is 27.5 Å².